The average molecular weight is 335 g/mol. The van der Waals surface area contributed by atoms with Crippen molar-refractivity contribution in [1.82, 2.24) is 19.5 Å². The Labute approximate surface area is 125 Å². The highest BCUT2D eigenvalue weighted by Gasteiger charge is 2.22. The predicted octanol–water partition coefficient (Wildman–Crippen LogP) is 0.578. The highest BCUT2D eigenvalue weighted by atomic mass is 35.5. The molecule has 0 saturated carbocycles. The summed E-state index contributed by atoms with van der Waals surface area (Å²) in [6.45, 7) is -0.847. The maximum Gasteiger partial charge on any atom is 0.243 e. The van der Waals surface area contributed by atoms with Crippen molar-refractivity contribution < 1.29 is 17.9 Å². The minimum Gasteiger partial charge on any atom is -0.392 e. The van der Waals surface area contributed by atoms with Gasteiger partial charge in [-0.2, -0.15) is 5.10 Å². The van der Waals surface area contributed by atoms with E-state index in [-0.39, 0.29) is 23.0 Å². The molecule has 0 spiro atoms. The first-order valence-electron chi connectivity index (χ1n) is 5.76. The van der Waals surface area contributed by atoms with E-state index in [2.05, 4.69) is 14.8 Å². The highest BCUT2D eigenvalue weighted by Crippen LogP contribution is 2.23. The average Bonchev–Trinajstić information content (AvgIpc) is 2.84. The van der Waals surface area contributed by atoms with Crippen molar-refractivity contribution in [2.24, 2.45) is 7.05 Å². The highest BCUT2D eigenvalue weighted by molar-refractivity contribution is 7.89. The minimum absolute atomic E-state index is 0.0109. The van der Waals surface area contributed by atoms with Crippen molar-refractivity contribution >= 4 is 21.6 Å². The van der Waals surface area contributed by atoms with Gasteiger partial charge in [0.2, 0.25) is 10.0 Å². The summed E-state index contributed by atoms with van der Waals surface area (Å²) in [5.74, 6) is -0.797. The van der Waals surface area contributed by atoms with Gasteiger partial charge in [0, 0.05) is 17.6 Å². The van der Waals surface area contributed by atoms with Crippen LogP contribution in [-0.2, 0) is 30.2 Å². The van der Waals surface area contributed by atoms with Gasteiger partial charge in [0.25, 0.3) is 0 Å². The molecule has 21 heavy (non-hydrogen) atoms. The molecule has 0 amide bonds. The molecule has 0 saturated heterocycles. The van der Waals surface area contributed by atoms with Crippen LogP contribution in [0.15, 0.2) is 23.4 Å². The van der Waals surface area contributed by atoms with Crippen molar-refractivity contribution in [2.45, 2.75) is 18.0 Å². The zero-order valence-corrected chi connectivity index (χ0v) is 12.5. The van der Waals surface area contributed by atoms with Crippen molar-refractivity contribution in [3.05, 3.63) is 40.7 Å². The number of aliphatic hydroxyl groups is 1. The van der Waals surface area contributed by atoms with E-state index in [1.54, 1.807) is 7.05 Å². The molecule has 0 aliphatic carbocycles. The van der Waals surface area contributed by atoms with Gasteiger partial charge in [-0.15, -0.1) is 0 Å². The second-order valence-corrected chi connectivity index (χ2v) is 6.37. The molecule has 0 unspecified atom stereocenters. The van der Waals surface area contributed by atoms with Crippen LogP contribution in [0.2, 0.25) is 5.02 Å². The Morgan fingerprint density at radius 2 is 2.19 bits per heavy atom. The molecule has 114 valence electrons. The predicted molar refractivity (Wildman–Crippen MR) is 72.4 cm³/mol. The van der Waals surface area contributed by atoms with Crippen LogP contribution in [0.1, 0.15) is 11.4 Å². The summed E-state index contributed by atoms with van der Waals surface area (Å²) in [4.78, 5) is 3.22. The summed E-state index contributed by atoms with van der Waals surface area (Å²) in [5, 5.41) is 12.9. The number of hydrogen-bond acceptors (Lipinski definition) is 5. The number of hydrogen-bond donors (Lipinski definition) is 2. The molecule has 0 radical (unpaired) electrons. The normalized spacial score (nSPS) is 11.8. The second-order valence-electron chi connectivity index (χ2n) is 4.19. The number of aryl methyl sites for hydroxylation is 1. The molecule has 0 fully saturated rings. The molecule has 2 aromatic rings. The number of sulfonamides is 1. The van der Waals surface area contributed by atoms with E-state index >= 15 is 0 Å². The molecular weight excluding hydrogens is 323 g/mol. The summed E-state index contributed by atoms with van der Waals surface area (Å²) >= 11 is 5.73. The summed E-state index contributed by atoms with van der Waals surface area (Å²) in [5.41, 5.74) is -0.196. The summed E-state index contributed by atoms with van der Waals surface area (Å²) in [6.07, 6.45) is 1.41. The van der Waals surface area contributed by atoms with Crippen LogP contribution in [0.4, 0.5) is 4.39 Å². The molecule has 0 bridgehead atoms. The van der Waals surface area contributed by atoms with Gasteiger partial charge in [-0.3, -0.25) is 4.68 Å². The van der Waals surface area contributed by atoms with Crippen LogP contribution < -0.4 is 4.72 Å². The Kier molecular flexibility index (Phi) is 4.57. The molecule has 1 aromatic heterocycles. The van der Waals surface area contributed by atoms with E-state index in [1.165, 1.54) is 11.0 Å². The van der Waals surface area contributed by atoms with Gasteiger partial charge in [-0.1, -0.05) is 11.6 Å². The lowest BCUT2D eigenvalue weighted by atomic mass is 10.2. The van der Waals surface area contributed by atoms with Crippen LogP contribution in [0.5, 0.6) is 0 Å². The first-order valence-corrected chi connectivity index (χ1v) is 7.62. The van der Waals surface area contributed by atoms with Crippen molar-refractivity contribution in [3.63, 3.8) is 0 Å². The fraction of sp³-hybridized carbons (Fsp3) is 0.273. The number of aromatic nitrogens is 3. The zero-order valence-electron chi connectivity index (χ0n) is 10.9. The maximum atomic E-state index is 14.0. The third-order valence-electron chi connectivity index (χ3n) is 2.61. The van der Waals surface area contributed by atoms with Gasteiger partial charge in [-0.05, 0) is 12.1 Å². The molecule has 10 heteroatoms. The molecule has 1 aromatic carbocycles. The first kappa shape index (κ1) is 15.8. The molecule has 2 N–H and O–H groups in total. The molecular formula is C11H12ClFN4O3S. The number of halogens is 2. The van der Waals surface area contributed by atoms with Gasteiger partial charge in [0.1, 0.15) is 17.0 Å². The third kappa shape index (κ3) is 3.56. The smallest absolute Gasteiger partial charge is 0.243 e. The van der Waals surface area contributed by atoms with Gasteiger partial charge < -0.3 is 5.11 Å². The molecule has 0 aliphatic heterocycles. The van der Waals surface area contributed by atoms with Crippen LogP contribution in [0.3, 0.4) is 0 Å². The Bertz CT molecular complexity index is 763. The SMILES string of the molecule is Cn1cnc(CNS(=O)(=O)c2cc(Cl)cc(CO)c2F)n1. The Hall–Kier alpha value is -1.55. The Morgan fingerprint density at radius 3 is 2.76 bits per heavy atom. The van der Waals surface area contributed by atoms with Gasteiger partial charge in [-0.25, -0.2) is 22.5 Å². The number of benzene rings is 1. The Balaban J connectivity index is 2.29. The molecule has 2 rings (SSSR count). The third-order valence-corrected chi connectivity index (χ3v) is 4.23. The van der Waals surface area contributed by atoms with Crippen molar-refractivity contribution in [1.29, 1.82) is 0 Å². The topological polar surface area (TPSA) is 97.1 Å². The van der Waals surface area contributed by atoms with E-state index in [9.17, 15) is 12.8 Å². The van der Waals surface area contributed by atoms with E-state index in [0.29, 0.717) is 0 Å². The minimum atomic E-state index is -4.14. The summed E-state index contributed by atoms with van der Waals surface area (Å²) < 4.78 is 41.8. The Morgan fingerprint density at radius 1 is 1.48 bits per heavy atom. The number of nitrogens with one attached hydrogen (secondary N) is 1. The largest absolute Gasteiger partial charge is 0.392 e. The quantitative estimate of drug-likeness (QED) is 0.833. The zero-order chi connectivity index (χ0) is 15.6. The number of rotatable bonds is 5. The second kappa shape index (κ2) is 6.06. The summed E-state index contributed by atoms with van der Waals surface area (Å²) in [6, 6.07) is 2.14. The van der Waals surface area contributed by atoms with E-state index < -0.39 is 27.3 Å². The number of nitrogens with zero attached hydrogens (tertiary/aromatic N) is 3. The molecule has 0 atom stereocenters. The molecule has 1 heterocycles. The lowest BCUT2D eigenvalue weighted by Gasteiger charge is -2.09. The van der Waals surface area contributed by atoms with Gasteiger partial charge in [0.05, 0.1) is 13.2 Å². The van der Waals surface area contributed by atoms with Crippen LogP contribution in [-0.4, -0.2) is 28.3 Å². The van der Waals surface area contributed by atoms with Gasteiger partial charge in [0.15, 0.2) is 5.82 Å². The standard InChI is InChI=1S/C11H12ClFN4O3S/c1-17-6-14-10(16-17)4-15-21(19,20)9-3-8(12)2-7(5-18)11(9)13/h2-3,6,15,18H,4-5H2,1H3. The maximum absolute atomic E-state index is 14.0. The molecule has 7 nitrogen and oxygen atoms in total. The monoisotopic (exact) mass is 334 g/mol. The lowest BCUT2D eigenvalue weighted by Crippen LogP contribution is -2.25. The fourth-order valence-electron chi connectivity index (χ4n) is 1.63. The lowest BCUT2D eigenvalue weighted by molar-refractivity contribution is 0.274. The van der Waals surface area contributed by atoms with Crippen LogP contribution in [0, 0.1) is 5.82 Å². The van der Waals surface area contributed by atoms with E-state index in [1.807, 2.05) is 0 Å². The van der Waals surface area contributed by atoms with Crippen LogP contribution in [0.25, 0.3) is 0 Å². The van der Waals surface area contributed by atoms with Crippen molar-refractivity contribution in [2.75, 3.05) is 0 Å². The first-order chi connectivity index (χ1) is 9.83. The number of aliphatic hydroxyl groups excluding tert-OH is 1. The molecule has 0 aliphatic rings. The van der Waals surface area contributed by atoms with Gasteiger partial charge >= 0.3 is 0 Å². The van der Waals surface area contributed by atoms with E-state index in [0.717, 1.165) is 12.1 Å². The van der Waals surface area contributed by atoms with E-state index in [4.69, 9.17) is 16.7 Å². The van der Waals surface area contributed by atoms with Crippen molar-refractivity contribution in [3.8, 4) is 0 Å². The fourth-order valence-corrected chi connectivity index (χ4v) is 3.06. The van der Waals surface area contributed by atoms with Crippen LogP contribution >= 0.6 is 11.6 Å². The summed E-state index contributed by atoms with van der Waals surface area (Å²) in [7, 11) is -2.51.